The Bertz CT molecular complexity index is 308. The molecule has 0 aliphatic heterocycles. The molecule has 0 aromatic rings. The van der Waals surface area contributed by atoms with Crippen LogP contribution in [0.1, 0.15) is 33.1 Å². The molecule has 5 heteroatoms. The number of hydrogen-bond donors (Lipinski definition) is 0. The molecule has 0 atom stereocenters. The fraction of sp³-hybridized carbons (Fsp3) is 0.583. The molecule has 0 amide bonds. The standard InChI is InChI=1S/C12H17NO4/c1-3-16-11(14)10(12(15)17-4-2)8-6-5-7-9-13/h8H,3-7H2,1-2H3. The van der Waals surface area contributed by atoms with Gasteiger partial charge in [-0.05, 0) is 26.7 Å². The van der Waals surface area contributed by atoms with Gasteiger partial charge in [0.2, 0.25) is 0 Å². The summed E-state index contributed by atoms with van der Waals surface area (Å²) in [4.78, 5) is 22.9. The van der Waals surface area contributed by atoms with Gasteiger partial charge in [-0.1, -0.05) is 6.08 Å². The van der Waals surface area contributed by atoms with Crippen LogP contribution in [0.3, 0.4) is 0 Å². The number of carbonyl (C=O) groups excluding carboxylic acids is 2. The smallest absolute Gasteiger partial charge is 0.345 e. The van der Waals surface area contributed by atoms with Crippen LogP contribution in [0.4, 0.5) is 0 Å². The Hall–Kier alpha value is -1.83. The van der Waals surface area contributed by atoms with Crippen molar-refractivity contribution in [1.29, 1.82) is 5.26 Å². The van der Waals surface area contributed by atoms with Gasteiger partial charge in [0.25, 0.3) is 0 Å². The first-order chi connectivity index (χ1) is 8.17. The Balaban J connectivity index is 4.55. The summed E-state index contributed by atoms with van der Waals surface area (Å²) in [5.41, 5.74) is -0.0911. The van der Waals surface area contributed by atoms with Crippen molar-refractivity contribution in [2.24, 2.45) is 0 Å². The number of rotatable bonds is 7. The molecule has 0 aliphatic rings. The maximum Gasteiger partial charge on any atom is 0.345 e. The molecule has 0 fully saturated rings. The molecule has 0 unspecified atom stereocenters. The predicted molar refractivity (Wildman–Crippen MR) is 60.8 cm³/mol. The molecule has 0 rings (SSSR count). The highest BCUT2D eigenvalue weighted by Gasteiger charge is 2.20. The fourth-order valence-electron chi connectivity index (χ4n) is 1.10. The molecule has 0 N–H and O–H groups in total. The molecule has 5 nitrogen and oxygen atoms in total. The summed E-state index contributed by atoms with van der Waals surface area (Å²) >= 11 is 0. The summed E-state index contributed by atoms with van der Waals surface area (Å²) < 4.78 is 9.51. The molecule has 0 bridgehead atoms. The van der Waals surface area contributed by atoms with Crippen molar-refractivity contribution in [1.82, 2.24) is 0 Å². The summed E-state index contributed by atoms with van der Waals surface area (Å²) in [5.74, 6) is -1.36. The van der Waals surface area contributed by atoms with Crippen molar-refractivity contribution in [2.45, 2.75) is 33.1 Å². The molecule has 0 aromatic carbocycles. The summed E-state index contributed by atoms with van der Waals surface area (Å²) in [5, 5.41) is 8.36. The minimum Gasteiger partial charge on any atom is -0.462 e. The average Bonchev–Trinajstić information content (AvgIpc) is 2.29. The predicted octanol–water partition coefficient (Wildman–Crippen LogP) is 1.73. The average molecular weight is 239 g/mol. The molecular formula is C12H17NO4. The van der Waals surface area contributed by atoms with E-state index in [9.17, 15) is 9.59 Å². The van der Waals surface area contributed by atoms with Crippen molar-refractivity contribution < 1.29 is 19.1 Å². The van der Waals surface area contributed by atoms with Crippen LogP contribution < -0.4 is 0 Å². The summed E-state index contributed by atoms with van der Waals surface area (Å²) in [6.07, 6.45) is 2.92. The van der Waals surface area contributed by atoms with Crippen molar-refractivity contribution in [2.75, 3.05) is 13.2 Å². The second-order valence-corrected chi connectivity index (χ2v) is 3.11. The van der Waals surface area contributed by atoms with Crippen LogP contribution in [0.15, 0.2) is 11.6 Å². The van der Waals surface area contributed by atoms with Crippen LogP contribution in [0.25, 0.3) is 0 Å². The normalized spacial score (nSPS) is 9.00. The van der Waals surface area contributed by atoms with Gasteiger partial charge in [-0.3, -0.25) is 0 Å². The van der Waals surface area contributed by atoms with Gasteiger partial charge in [-0.15, -0.1) is 0 Å². The Morgan fingerprint density at radius 3 is 2.12 bits per heavy atom. The van der Waals surface area contributed by atoms with E-state index in [1.807, 2.05) is 6.07 Å². The maximum atomic E-state index is 11.5. The van der Waals surface area contributed by atoms with Gasteiger partial charge in [0.1, 0.15) is 5.57 Å². The van der Waals surface area contributed by atoms with E-state index in [0.29, 0.717) is 19.3 Å². The van der Waals surface area contributed by atoms with Gasteiger partial charge < -0.3 is 9.47 Å². The van der Waals surface area contributed by atoms with E-state index in [0.717, 1.165) is 0 Å². The van der Waals surface area contributed by atoms with E-state index in [1.165, 1.54) is 6.08 Å². The molecule has 0 aromatic heterocycles. The van der Waals surface area contributed by atoms with E-state index < -0.39 is 11.9 Å². The SMILES string of the molecule is CCOC(=O)C(=CCCCC#N)C(=O)OCC. The first-order valence-electron chi connectivity index (χ1n) is 5.58. The van der Waals surface area contributed by atoms with E-state index in [4.69, 9.17) is 14.7 Å². The largest absolute Gasteiger partial charge is 0.462 e. The van der Waals surface area contributed by atoms with Crippen molar-refractivity contribution in [3.8, 4) is 6.07 Å². The Morgan fingerprint density at radius 2 is 1.71 bits per heavy atom. The Morgan fingerprint density at radius 1 is 1.18 bits per heavy atom. The molecule has 94 valence electrons. The monoisotopic (exact) mass is 239 g/mol. The molecule has 0 radical (unpaired) electrons. The van der Waals surface area contributed by atoms with E-state index in [-0.39, 0.29) is 18.8 Å². The van der Waals surface area contributed by atoms with Crippen molar-refractivity contribution in [3.05, 3.63) is 11.6 Å². The first-order valence-corrected chi connectivity index (χ1v) is 5.58. The lowest BCUT2D eigenvalue weighted by atomic mass is 10.1. The number of hydrogen-bond acceptors (Lipinski definition) is 5. The third-order valence-electron chi connectivity index (χ3n) is 1.83. The zero-order valence-corrected chi connectivity index (χ0v) is 10.2. The number of unbranched alkanes of at least 4 members (excludes halogenated alkanes) is 2. The number of allylic oxidation sites excluding steroid dienone is 1. The number of ether oxygens (including phenoxy) is 2. The molecule has 17 heavy (non-hydrogen) atoms. The summed E-state index contributed by atoms with van der Waals surface area (Å²) in [6, 6.07) is 1.99. The van der Waals surface area contributed by atoms with Crippen LogP contribution in [0.5, 0.6) is 0 Å². The lowest BCUT2D eigenvalue weighted by Crippen LogP contribution is -2.18. The molecular weight excluding hydrogens is 222 g/mol. The highest BCUT2D eigenvalue weighted by atomic mass is 16.6. The lowest BCUT2D eigenvalue weighted by Gasteiger charge is -2.06. The fourth-order valence-corrected chi connectivity index (χ4v) is 1.10. The number of esters is 2. The molecule has 0 saturated carbocycles. The van der Waals surface area contributed by atoms with Gasteiger partial charge in [-0.25, -0.2) is 9.59 Å². The Kier molecular flexibility index (Phi) is 8.39. The highest BCUT2D eigenvalue weighted by Crippen LogP contribution is 2.06. The van der Waals surface area contributed by atoms with Crippen LogP contribution in [-0.2, 0) is 19.1 Å². The van der Waals surface area contributed by atoms with E-state index in [1.54, 1.807) is 13.8 Å². The molecule has 0 spiro atoms. The van der Waals surface area contributed by atoms with Crippen molar-refractivity contribution in [3.63, 3.8) is 0 Å². The highest BCUT2D eigenvalue weighted by molar-refractivity contribution is 6.14. The van der Waals surface area contributed by atoms with Crippen LogP contribution in [0.2, 0.25) is 0 Å². The van der Waals surface area contributed by atoms with Gasteiger partial charge >= 0.3 is 11.9 Å². The second-order valence-electron chi connectivity index (χ2n) is 3.11. The summed E-state index contributed by atoms with van der Waals surface area (Å²) in [6.45, 7) is 3.73. The minimum atomic E-state index is -0.678. The van der Waals surface area contributed by atoms with Gasteiger partial charge in [0, 0.05) is 6.42 Å². The number of nitriles is 1. The quantitative estimate of drug-likeness (QED) is 0.222. The zero-order valence-electron chi connectivity index (χ0n) is 10.2. The zero-order chi connectivity index (χ0) is 13.1. The molecule has 0 saturated heterocycles. The number of carbonyl (C=O) groups is 2. The first kappa shape index (κ1) is 15.2. The summed E-state index contributed by atoms with van der Waals surface area (Å²) in [7, 11) is 0. The van der Waals surface area contributed by atoms with Crippen molar-refractivity contribution >= 4 is 11.9 Å². The maximum absolute atomic E-state index is 11.5. The topological polar surface area (TPSA) is 76.4 Å². The van der Waals surface area contributed by atoms with Gasteiger partial charge in [0.05, 0.1) is 19.3 Å². The van der Waals surface area contributed by atoms with E-state index in [2.05, 4.69) is 0 Å². The van der Waals surface area contributed by atoms with E-state index >= 15 is 0 Å². The Labute approximate surface area is 101 Å². The molecule has 0 aliphatic carbocycles. The van der Waals surface area contributed by atoms with Gasteiger partial charge in [0.15, 0.2) is 0 Å². The molecule has 0 heterocycles. The van der Waals surface area contributed by atoms with Crippen LogP contribution >= 0.6 is 0 Å². The minimum absolute atomic E-state index is 0.0911. The second kappa shape index (κ2) is 9.40. The van der Waals surface area contributed by atoms with Gasteiger partial charge in [-0.2, -0.15) is 5.26 Å². The lowest BCUT2D eigenvalue weighted by molar-refractivity contribution is -0.146. The van der Waals surface area contributed by atoms with Crippen LogP contribution in [0, 0.1) is 11.3 Å². The number of nitrogens with zero attached hydrogens (tertiary/aromatic N) is 1. The third kappa shape index (κ3) is 6.36. The third-order valence-corrected chi connectivity index (χ3v) is 1.83. The van der Waals surface area contributed by atoms with Crippen LogP contribution in [-0.4, -0.2) is 25.2 Å².